The van der Waals surface area contributed by atoms with Crippen molar-refractivity contribution in [2.75, 3.05) is 0 Å². The summed E-state index contributed by atoms with van der Waals surface area (Å²) in [6, 6.07) is 2.59. The third-order valence-corrected chi connectivity index (χ3v) is 7.62. The van der Waals surface area contributed by atoms with Gasteiger partial charge in [0.2, 0.25) is 0 Å². The minimum atomic E-state index is -1.92. The van der Waals surface area contributed by atoms with Gasteiger partial charge in [-0.3, -0.25) is 0 Å². The van der Waals surface area contributed by atoms with Crippen molar-refractivity contribution in [2.24, 2.45) is 0 Å². The Morgan fingerprint density at radius 2 is 1.16 bits per heavy atom. The fourth-order valence-corrected chi connectivity index (χ4v) is 6.26. The number of hydrogen-bond donors (Lipinski definition) is 3. The Morgan fingerprint density at radius 1 is 0.842 bits per heavy atom. The fourth-order valence-electron chi connectivity index (χ4n) is 2.09. The van der Waals surface area contributed by atoms with Crippen molar-refractivity contribution in [3.63, 3.8) is 0 Å². The topological polar surface area (TPSA) is 36.1 Å². The molecule has 0 saturated carbocycles. The Morgan fingerprint density at radius 3 is 1.37 bits per heavy atom. The molecule has 0 aromatic carbocycles. The van der Waals surface area contributed by atoms with E-state index in [9.17, 15) is 0 Å². The average Bonchev–Trinajstić information content (AvgIpc) is 2.38. The minimum Gasteiger partial charge on any atom is -0.311 e. The zero-order chi connectivity index (χ0) is 14.9. The minimum absolute atomic E-state index is 0.528. The van der Waals surface area contributed by atoms with E-state index < -0.39 is 8.56 Å². The van der Waals surface area contributed by atoms with Crippen LogP contribution >= 0.6 is 0 Å². The summed E-state index contributed by atoms with van der Waals surface area (Å²) in [4.78, 5) is 11.6. The monoisotopic (exact) mass is 285 g/mol. The van der Waals surface area contributed by atoms with Crippen molar-refractivity contribution in [1.82, 2.24) is 14.9 Å². The van der Waals surface area contributed by atoms with Gasteiger partial charge in [-0.25, -0.2) is 0 Å². The van der Waals surface area contributed by atoms with E-state index in [4.69, 9.17) is 0 Å². The van der Waals surface area contributed by atoms with Crippen LogP contribution in [0.1, 0.15) is 60.8 Å². The molecular formula is C15H35N3Si. The van der Waals surface area contributed by atoms with Gasteiger partial charge in [-0.15, -0.1) is 6.58 Å². The molecule has 0 spiro atoms. The molecule has 0 amide bonds. The maximum Gasteiger partial charge on any atom is 0.285 e. The van der Waals surface area contributed by atoms with Crippen LogP contribution in [0, 0.1) is 0 Å². The summed E-state index contributed by atoms with van der Waals surface area (Å²) < 4.78 is 0. The first kappa shape index (κ1) is 18.8. The third-order valence-electron chi connectivity index (χ3n) is 3.77. The maximum absolute atomic E-state index is 3.96. The van der Waals surface area contributed by atoms with Crippen molar-refractivity contribution in [3.8, 4) is 0 Å². The van der Waals surface area contributed by atoms with Gasteiger partial charge < -0.3 is 14.9 Å². The van der Waals surface area contributed by atoms with Gasteiger partial charge >= 0.3 is 0 Å². The molecule has 0 fully saturated rings. The highest BCUT2D eigenvalue weighted by Gasteiger charge is 2.36. The van der Waals surface area contributed by atoms with Crippen molar-refractivity contribution < 1.29 is 0 Å². The summed E-state index contributed by atoms with van der Waals surface area (Å²) in [5.74, 6) is 0. The zero-order valence-corrected chi connectivity index (χ0v) is 14.8. The standard InChI is InChI=1S/C15H35N3Si/c1-8-12-19(16-13(5)9-2,17-14(6)10-3)18-15(7)11-4/h8,13-18H,1,9-12H2,2-7H3. The Bertz CT molecular complexity index is 214. The summed E-state index contributed by atoms with van der Waals surface area (Å²) in [5.41, 5.74) is 0. The first-order valence-electron chi connectivity index (χ1n) is 7.86. The highest BCUT2D eigenvalue weighted by atomic mass is 28.4. The third kappa shape index (κ3) is 7.25. The van der Waals surface area contributed by atoms with Crippen LogP contribution < -0.4 is 14.9 Å². The van der Waals surface area contributed by atoms with Gasteiger partial charge in [-0.2, -0.15) is 0 Å². The average molecular weight is 286 g/mol. The SMILES string of the molecule is C=CC[Si](NC(C)CC)(NC(C)CC)NC(C)CC. The van der Waals surface area contributed by atoms with Crippen molar-refractivity contribution in [1.29, 1.82) is 0 Å². The molecule has 0 aromatic rings. The predicted molar refractivity (Wildman–Crippen MR) is 89.4 cm³/mol. The summed E-state index contributed by atoms with van der Waals surface area (Å²) >= 11 is 0. The second-order valence-corrected chi connectivity index (χ2v) is 8.84. The van der Waals surface area contributed by atoms with Gasteiger partial charge in [0, 0.05) is 6.04 Å². The van der Waals surface area contributed by atoms with Crippen LogP contribution in [0.4, 0.5) is 0 Å². The van der Waals surface area contributed by atoms with Gasteiger partial charge in [0.15, 0.2) is 0 Å². The van der Waals surface area contributed by atoms with E-state index in [2.05, 4.69) is 63.1 Å². The zero-order valence-electron chi connectivity index (χ0n) is 13.8. The van der Waals surface area contributed by atoms with E-state index in [0.29, 0.717) is 18.1 Å². The summed E-state index contributed by atoms with van der Waals surface area (Å²) in [6.45, 7) is 17.5. The molecule has 0 aromatic heterocycles. The Hall–Kier alpha value is -0.163. The Kier molecular flexibility index (Phi) is 9.61. The smallest absolute Gasteiger partial charge is 0.285 e. The number of rotatable bonds is 11. The van der Waals surface area contributed by atoms with Gasteiger partial charge in [0.1, 0.15) is 0 Å². The summed E-state index contributed by atoms with van der Waals surface area (Å²) in [7, 11) is -1.92. The van der Waals surface area contributed by atoms with E-state index in [1.165, 1.54) is 0 Å². The maximum atomic E-state index is 3.96. The molecular weight excluding hydrogens is 250 g/mol. The largest absolute Gasteiger partial charge is 0.311 e. The number of nitrogens with one attached hydrogen (secondary N) is 3. The van der Waals surface area contributed by atoms with Crippen molar-refractivity contribution >= 4 is 8.56 Å². The lowest BCUT2D eigenvalue weighted by molar-refractivity contribution is 0.536. The number of allylic oxidation sites excluding steroid dienone is 1. The Balaban J connectivity index is 5.01. The van der Waals surface area contributed by atoms with E-state index in [-0.39, 0.29) is 0 Å². The molecule has 0 aliphatic rings. The summed E-state index contributed by atoms with van der Waals surface area (Å²) in [5, 5.41) is 0. The molecule has 0 bridgehead atoms. The predicted octanol–water partition coefficient (Wildman–Crippen LogP) is 3.28. The molecule has 0 saturated heterocycles. The van der Waals surface area contributed by atoms with Crippen LogP contribution in [-0.4, -0.2) is 26.7 Å². The van der Waals surface area contributed by atoms with Crippen LogP contribution in [-0.2, 0) is 0 Å². The molecule has 114 valence electrons. The second kappa shape index (κ2) is 9.70. The molecule has 3 nitrogen and oxygen atoms in total. The molecule has 0 rings (SSSR count). The normalized spacial score (nSPS) is 19.5. The van der Waals surface area contributed by atoms with Crippen LogP contribution in [0.5, 0.6) is 0 Å². The molecule has 0 aliphatic heterocycles. The highest BCUT2D eigenvalue weighted by Crippen LogP contribution is 2.08. The summed E-state index contributed by atoms with van der Waals surface area (Å²) in [6.07, 6.45) is 5.50. The van der Waals surface area contributed by atoms with Gasteiger partial charge in [-0.05, 0) is 37.4 Å². The Labute approximate surface area is 121 Å². The van der Waals surface area contributed by atoms with Gasteiger partial charge in [-0.1, -0.05) is 47.6 Å². The van der Waals surface area contributed by atoms with E-state index in [1.54, 1.807) is 0 Å². The molecule has 3 N–H and O–H groups in total. The molecule has 0 aliphatic carbocycles. The fraction of sp³-hybridized carbons (Fsp3) is 0.867. The second-order valence-electron chi connectivity index (χ2n) is 5.76. The molecule has 3 unspecified atom stereocenters. The molecule has 0 heterocycles. The van der Waals surface area contributed by atoms with Crippen molar-refractivity contribution in [2.45, 2.75) is 85.0 Å². The first-order chi connectivity index (χ1) is 8.92. The lowest BCUT2D eigenvalue weighted by Gasteiger charge is -2.39. The first-order valence-corrected chi connectivity index (χ1v) is 10.1. The van der Waals surface area contributed by atoms with E-state index in [1.807, 2.05) is 6.08 Å². The van der Waals surface area contributed by atoms with Crippen LogP contribution in [0.2, 0.25) is 6.04 Å². The van der Waals surface area contributed by atoms with E-state index >= 15 is 0 Å². The molecule has 3 atom stereocenters. The molecule has 19 heavy (non-hydrogen) atoms. The van der Waals surface area contributed by atoms with Crippen LogP contribution in [0.25, 0.3) is 0 Å². The van der Waals surface area contributed by atoms with Crippen LogP contribution in [0.3, 0.4) is 0 Å². The quantitative estimate of drug-likeness (QED) is 0.403. The number of hydrogen-bond acceptors (Lipinski definition) is 3. The van der Waals surface area contributed by atoms with Gasteiger partial charge in [0.05, 0.1) is 0 Å². The molecule has 0 radical (unpaired) electrons. The van der Waals surface area contributed by atoms with E-state index in [0.717, 1.165) is 25.3 Å². The van der Waals surface area contributed by atoms with Gasteiger partial charge in [0.25, 0.3) is 8.56 Å². The lowest BCUT2D eigenvalue weighted by Crippen LogP contribution is -2.76. The lowest BCUT2D eigenvalue weighted by atomic mass is 10.3. The molecule has 4 heteroatoms. The van der Waals surface area contributed by atoms with Crippen molar-refractivity contribution in [3.05, 3.63) is 12.7 Å². The van der Waals surface area contributed by atoms with Crippen LogP contribution in [0.15, 0.2) is 12.7 Å². The highest BCUT2D eigenvalue weighted by molar-refractivity contribution is 6.73.